The van der Waals surface area contributed by atoms with E-state index in [0.29, 0.717) is 5.75 Å². The van der Waals surface area contributed by atoms with Gasteiger partial charge in [0.25, 0.3) is 0 Å². The molecule has 0 radical (unpaired) electrons. The molecule has 0 heterocycles. The van der Waals surface area contributed by atoms with Gasteiger partial charge in [-0.3, -0.25) is 4.79 Å². The molecular formula is C14H13NO2. The fourth-order valence-corrected chi connectivity index (χ4v) is 1.67. The van der Waals surface area contributed by atoms with Gasteiger partial charge in [-0.2, -0.15) is 0 Å². The third-order valence-corrected chi connectivity index (χ3v) is 2.57. The number of allylic oxidation sites excluding steroid dienone is 4. The second-order valence-corrected chi connectivity index (χ2v) is 4.03. The lowest BCUT2D eigenvalue weighted by atomic mass is 10.1. The first-order valence-electron chi connectivity index (χ1n) is 5.35. The molecule has 0 amide bonds. The van der Waals surface area contributed by atoms with Crippen molar-refractivity contribution in [1.29, 1.82) is 0 Å². The molecule has 1 aromatic rings. The molecule has 0 aliphatic heterocycles. The fourth-order valence-electron chi connectivity index (χ4n) is 1.67. The highest BCUT2D eigenvalue weighted by Gasteiger charge is 2.04. The molecule has 0 atom stereocenters. The molecule has 1 aromatic carbocycles. The molecule has 3 nitrogen and oxygen atoms in total. The molecular weight excluding hydrogens is 214 g/mol. The van der Waals surface area contributed by atoms with Crippen LogP contribution in [0.15, 0.2) is 41.4 Å². The topological polar surface area (TPSA) is 49.7 Å². The van der Waals surface area contributed by atoms with Crippen molar-refractivity contribution in [3.8, 4) is 5.75 Å². The maximum Gasteiger partial charge on any atom is 0.178 e. The van der Waals surface area contributed by atoms with Crippen molar-refractivity contribution in [2.24, 2.45) is 4.99 Å². The molecule has 3 heteroatoms. The summed E-state index contributed by atoms with van der Waals surface area (Å²) >= 11 is 0. The van der Waals surface area contributed by atoms with E-state index in [1.165, 1.54) is 12.2 Å². The number of hydrogen-bond donors (Lipinski definition) is 1. The van der Waals surface area contributed by atoms with E-state index in [9.17, 15) is 9.90 Å². The van der Waals surface area contributed by atoms with Crippen molar-refractivity contribution in [2.45, 2.75) is 13.8 Å². The Morgan fingerprint density at radius 2 is 1.53 bits per heavy atom. The molecule has 0 saturated heterocycles. The molecule has 0 bridgehead atoms. The number of phenols is 1. The molecule has 0 saturated carbocycles. The van der Waals surface area contributed by atoms with Crippen LogP contribution in [0, 0.1) is 13.8 Å². The van der Waals surface area contributed by atoms with Crippen molar-refractivity contribution in [3.05, 3.63) is 47.6 Å². The minimum atomic E-state index is -0.0259. The van der Waals surface area contributed by atoms with E-state index in [2.05, 4.69) is 4.99 Å². The Bertz CT molecular complexity index is 525. The number of aliphatic imine (C=N–C) groups is 1. The van der Waals surface area contributed by atoms with E-state index in [1.807, 2.05) is 26.0 Å². The quantitative estimate of drug-likeness (QED) is 0.750. The van der Waals surface area contributed by atoms with Crippen molar-refractivity contribution in [3.63, 3.8) is 0 Å². The first-order chi connectivity index (χ1) is 8.06. The van der Waals surface area contributed by atoms with Crippen LogP contribution in [-0.2, 0) is 4.79 Å². The van der Waals surface area contributed by atoms with Crippen LogP contribution in [-0.4, -0.2) is 16.6 Å². The zero-order valence-electron chi connectivity index (χ0n) is 9.77. The fraction of sp³-hybridized carbons (Fsp3) is 0.143. The van der Waals surface area contributed by atoms with Crippen LogP contribution in [0.25, 0.3) is 0 Å². The summed E-state index contributed by atoms with van der Waals surface area (Å²) in [6.45, 7) is 3.67. The first-order valence-corrected chi connectivity index (χ1v) is 5.35. The zero-order chi connectivity index (χ0) is 12.4. The lowest BCUT2D eigenvalue weighted by Gasteiger charge is -2.05. The number of aryl methyl sites for hydroxylation is 2. The van der Waals surface area contributed by atoms with E-state index < -0.39 is 0 Å². The van der Waals surface area contributed by atoms with Crippen LogP contribution >= 0.6 is 0 Å². The van der Waals surface area contributed by atoms with Crippen molar-refractivity contribution in [2.75, 3.05) is 0 Å². The molecule has 86 valence electrons. The van der Waals surface area contributed by atoms with E-state index >= 15 is 0 Å². The van der Waals surface area contributed by atoms with Gasteiger partial charge >= 0.3 is 0 Å². The summed E-state index contributed by atoms with van der Waals surface area (Å²) in [5.41, 5.74) is 3.10. The maximum atomic E-state index is 11.0. The molecule has 0 unspecified atom stereocenters. The SMILES string of the molecule is Cc1cc(N=C2C=CC(=O)C=C2)cc(C)c1O. The Labute approximate surface area is 99.8 Å². The third kappa shape index (κ3) is 2.50. The third-order valence-electron chi connectivity index (χ3n) is 2.57. The van der Waals surface area contributed by atoms with Gasteiger partial charge in [0, 0.05) is 0 Å². The number of carbonyl (C=O) groups is 1. The number of aromatic hydroxyl groups is 1. The highest BCUT2D eigenvalue weighted by molar-refractivity contribution is 6.17. The Morgan fingerprint density at radius 1 is 1.00 bits per heavy atom. The summed E-state index contributed by atoms with van der Waals surface area (Å²) in [6.07, 6.45) is 6.33. The Kier molecular flexibility index (Phi) is 2.91. The monoisotopic (exact) mass is 227 g/mol. The van der Waals surface area contributed by atoms with Crippen LogP contribution in [0.5, 0.6) is 5.75 Å². The molecule has 0 spiro atoms. The average molecular weight is 227 g/mol. The van der Waals surface area contributed by atoms with Crippen LogP contribution in [0.4, 0.5) is 5.69 Å². The number of carbonyl (C=O) groups excluding carboxylic acids is 1. The largest absolute Gasteiger partial charge is 0.507 e. The Hall–Kier alpha value is -2.16. The number of hydrogen-bond acceptors (Lipinski definition) is 3. The zero-order valence-corrected chi connectivity index (χ0v) is 9.77. The number of ketones is 1. The Morgan fingerprint density at radius 3 is 2.06 bits per heavy atom. The minimum Gasteiger partial charge on any atom is -0.507 e. The molecule has 1 aliphatic rings. The minimum absolute atomic E-state index is 0.0259. The standard InChI is InChI=1S/C14H13NO2/c1-9-7-12(8-10(2)14(9)17)15-11-3-5-13(16)6-4-11/h3-8,17H,1-2H3. The second kappa shape index (κ2) is 4.37. The average Bonchev–Trinajstić information content (AvgIpc) is 2.29. The smallest absolute Gasteiger partial charge is 0.178 e. The van der Waals surface area contributed by atoms with Gasteiger partial charge in [-0.15, -0.1) is 0 Å². The van der Waals surface area contributed by atoms with E-state index in [4.69, 9.17) is 0 Å². The van der Waals surface area contributed by atoms with E-state index in [0.717, 1.165) is 22.5 Å². The predicted molar refractivity (Wildman–Crippen MR) is 68.0 cm³/mol. The van der Waals surface area contributed by atoms with Crippen molar-refractivity contribution < 1.29 is 9.90 Å². The van der Waals surface area contributed by atoms with Gasteiger partial charge in [-0.1, -0.05) is 0 Å². The van der Waals surface area contributed by atoms with Gasteiger partial charge in [-0.25, -0.2) is 4.99 Å². The lowest BCUT2D eigenvalue weighted by Crippen LogP contribution is -1.98. The van der Waals surface area contributed by atoms with E-state index in [1.54, 1.807) is 12.2 Å². The summed E-state index contributed by atoms with van der Waals surface area (Å²) < 4.78 is 0. The predicted octanol–water partition coefficient (Wildman–Crippen LogP) is 2.78. The summed E-state index contributed by atoms with van der Waals surface area (Å²) in [6, 6.07) is 3.63. The molecule has 1 aliphatic carbocycles. The van der Waals surface area contributed by atoms with Crippen LogP contribution < -0.4 is 0 Å². The molecule has 2 rings (SSSR count). The van der Waals surface area contributed by atoms with Gasteiger partial charge in [0.15, 0.2) is 5.78 Å². The number of benzene rings is 1. The van der Waals surface area contributed by atoms with Gasteiger partial charge in [0.1, 0.15) is 5.75 Å². The highest BCUT2D eigenvalue weighted by Crippen LogP contribution is 2.27. The van der Waals surface area contributed by atoms with Crippen molar-refractivity contribution >= 4 is 17.2 Å². The van der Waals surface area contributed by atoms with Gasteiger partial charge in [0.05, 0.1) is 11.4 Å². The Balaban J connectivity index is 2.37. The van der Waals surface area contributed by atoms with Crippen molar-refractivity contribution in [1.82, 2.24) is 0 Å². The first kappa shape index (κ1) is 11.3. The molecule has 0 fully saturated rings. The normalized spacial score (nSPS) is 14.2. The maximum absolute atomic E-state index is 11.0. The number of phenolic OH excluding ortho intramolecular Hbond substituents is 1. The second-order valence-electron chi connectivity index (χ2n) is 4.03. The summed E-state index contributed by atoms with van der Waals surface area (Å²) in [5.74, 6) is 0.279. The van der Waals surface area contributed by atoms with Crippen LogP contribution in [0.1, 0.15) is 11.1 Å². The highest BCUT2D eigenvalue weighted by atomic mass is 16.3. The van der Waals surface area contributed by atoms with Crippen LogP contribution in [0.3, 0.4) is 0 Å². The van der Waals surface area contributed by atoms with Crippen LogP contribution in [0.2, 0.25) is 0 Å². The molecule has 1 N–H and O–H groups in total. The molecule has 17 heavy (non-hydrogen) atoms. The summed E-state index contributed by atoms with van der Waals surface area (Å²) in [7, 11) is 0. The lowest BCUT2D eigenvalue weighted by molar-refractivity contribution is -0.110. The van der Waals surface area contributed by atoms with Gasteiger partial charge < -0.3 is 5.11 Å². The summed E-state index contributed by atoms with van der Waals surface area (Å²) in [5, 5.41) is 9.65. The number of nitrogens with zero attached hydrogens (tertiary/aromatic N) is 1. The van der Waals surface area contributed by atoms with Gasteiger partial charge in [-0.05, 0) is 61.4 Å². The van der Waals surface area contributed by atoms with E-state index in [-0.39, 0.29) is 5.78 Å². The summed E-state index contributed by atoms with van der Waals surface area (Å²) in [4.78, 5) is 15.3. The van der Waals surface area contributed by atoms with Gasteiger partial charge in [0.2, 0.25) is 0 Å². The number of rotatable bonds is 1. The molecule has 0 aromatic heterocycles.